The molecule has 5 nitrogen and oxygen atoms in total. The van der Waals surface area contributed by atoms with Crippen molar-refractivity contribution in [2.45, 2.75) is 19.3 Å². The molecule has 0 aliphatic heterocycles. The first kappa shape index (κ1) is 15.0. The SMILES string of the molecule is CC[C@H](C(=O)Nc1ccc(-n2ccnc2)nc1)c1ccccc1. The van der Waals surface area contributed by atoms with Crippen LogP contribution < -0.4 is 5.32 Å². The molecule has 1 N–H and O–H groups in total. The van der Waals surface area contributed by atoms with Crippen molar-refractivity contribution in [2.24, 2.45) is 0 Å². The lowest BCUT2D eigenvalue weighted by Gasteiger charge is -2.15. The number of nitrogens with one attached hydrogen (secondary N) is 1. The lowest BCUT2D eigenvalue weighted by atomic mass is 9.95. The van der Waals surface area contributed by atoms with Gasteiger partial charge in [0.15, 0.2) is 0 Å². The molecule has 5 heteroatoms. The van der Waals surface area contributed by atoms with E-state index in [2.05, 4.69) is 15.3 Å². The van der Waals surface area contributed by atoms with Crippen molar-refractivity contribution in [3.63, 3.8) is 0 Å². The zero-order valence-electron chi connectivity index (χ0n) is 12.9. The zero-order chi connectivity index (χ0) is 16.1. The predicted octanol–water partition coefficient (Wildman–Crippen LogP) is 3.40. The van der Waals surface area contributed by atoms with E-state index in [4.69, 9.17) is 0 Å². The number of amides is 1. The molecular formula is C18H18N4O. The fourth-order valence-electron chi connectivity index (χ4n) is 2.49. The summed E-state index contributed by atoms with van der Waals surface area (Å²) in [5.41, 5.74) is 1.71. The van der Waals surface area contributed by atoms with Crippen LogP contribution in [-0.4, -0.2) is 20.4 Å². The van der Waals surface area contributed by atoms with Crippen LogP contribution in [0.2, 0.25) is 0 Å². The minimum atomic E-state index is -0.162. The van der Waals surface area contributed by atoms with Gasteiger partial charge in [-0.1, -0.05) is 37.3 Å². The Bertz CT molecular complexity index is 751. The number of benzene rings is 1. The second kappa shape index (κ2) is 6.87. The number of imidazole rings is 1. The molecule has 0 saturated heterocycles. The molecule has 2 heterocycles. The molecule has 0 fully saturated rings. The number of aromatic nitrogens is 3. The number of rotatable bonds is 5. The Hall–Kier alpha value is -2.95. The standard InChI is InChI=1S/C18H18N4O/c1-2-16(14-6-4-3-5-7-14)18(23)21-15-8-9-17(20-12-15)22-11-10-19-13-22/h3-13,16H,2H2,1H3,(H,21,23)/t16-/m0/s1. The number of nitrogens with zero attached hydrogens (tertiary/aromatic N) is 3. The van der Waals surface area contributed by atoms with Crippen molar-refractivity contribution in [2.75, 3.05) is 5.32 Å². The summed E-state index contributed by atoms with van der Waals surface area (Å²) >= 11 is 0. The fourth-order valence-corrected chi connectivity index (χ4v) is 2.49. The van der Waals surface area contributed by atoms with Gasteiger partial charge in [0.1, 0.15) is 12.1 Å². The van der Waals surface area contributed by atoms with Gasteiger partial charge < -0.3 is 5.32 Å². The molecule has 0 spiro atoms. The summed E-state index contributed by atoms with van der Waals surface area (Å²) in [6, 6.07) is 13.5. The molecule has 3 rings (SSSR count). The summed E-state index contributed by atoms with van der Waals surface area (Å²) in [5, 5.41) is 2.94. The van der Waals surface area contributed by atoms with Crippen LogP contribution in [0.25, 0.3) is 5.82 Å². The highest BCUT2D eigenvalue weighted by Crippen LogP contribution is 2.21. The maximum absolute atomic E-state index is 12.5. The first-order chi connectivity index (χ1) is 11.3. The number of carbonyl (C=O) groups excluding carboxylic acids is 1. The molecule has 0 bridgehead atoms. The molecule has 2 aromatic heterocycles. The first-order valence-electron chi connectivity index (χ1n) is 7.58. The normalized spacial score (nSPS) is 11.9. The monoisotopic (exact) mass is 306 g/mol. The van der Waals surface area contributed by atoms with Gasteiger partial charge in [-0.25, -0.2) is 9.97 Å². The summed E-state index contributed by atoms with van der Waals surface area (Å²) in [7, 11) is 0. The smallest absolute Gasteiger partial charge is 0.231 e. The van der Waals surface area contributed by atoms with E-state index in [0.717, 1.165) is 17.8 Å². The van der Waals surface area contributed by atoms with Crippen LogP contribution in [0.4, 0.5) is 5.69 Å². The van der Waals surface area contributed by atoms with Crippen molar-refractivity contribution in [1.82, 2.24) is 14.5 Å². The lowest BCUT2D eigenvalue weighted by Crippen LogP contribution is -2.20. The second-order valence-electron chi connectivity index (χ2n) is 5.24. The highest BCUT2D eigenvalue weighted by atomic mass is 16.1. The largest absolute Gasteiger partial charge is 0.324 e. The van der Waals surface area contributed by atoms with Gasteiger partial charge in [-0.3, -0.25) is 9.36 Å². The maximum Gasteiger partial charge on any atom is 0.231 e. The van der Waals surface area contributed by atoms with E-state index in [0.29, 0.717) is 5.69 Å². The van der Waals surface area contributed by atoms with Crippen LogP contribution in [0.1, 0.15) is 24.8 Å². The third-order valence-electron chi connectivity index (χ3n) is 3.71. The Morgan fingerprint density at radius 2 is 2.04 bits per heavy atom. The highest BCUT2D eigenvalue weighted by molar-refractivity contribution is 5.95. The quantitative estimate of drug-likeness (QED) is 0.786. The fraction of sp³-hybridized carbons (Fsp3) is 0.167. The molecule has 1 aromatic carbocycles. The van der Waals surface area contributed by atoms with Crippen molar-refractivity contribution >= 4 is 11.6 Å². The van der Waals surface area contributed by atoms with Gasteiger partial charge in [0, 0.05) is 12.4 Å². The molecule has 0 radical (unpaired) electrons. The molecular weight excluding hydrogens is 288 g/mol. The van der Waals surface area contributed by atoms with E-state index in [1.54, 1.807) is 18.7 Å². The number of carbonyl (C=O) groups is 1. The second-order valence-corrected chi connectivity index (χ2v) is 5.24. The van der Waals surface area contributed by atoms with Gasteiger partial charge in [0.05, 0.1) is 17.8 Å². The van der Waals surface area contributed by atoms with Crippen LogP contribution in [0.3, 0.4) is 0 Å². The Balaban J connectivity index is 1.72. The number of hydrogen-bond donors (Lipinski definition) is 1. The lowest BCUT2D eigenvalue weighted by molar-refractivity contribution is -0.117. The zero-order valence-corrected chi connectivity index (χ0v) is 12.9. The van der Waals surface area contributed by atoms with Crippen LogP contribution in [0.5, 0.6) is 0 Å². The maximum atomic E-state index is 12.5. The van der Waals surface area contributed by atoms with E-state index in [-0.39, 0.29) is 11.8 Å². The summed E-state index contributed by atoms with van der Waals surface area (Å²) in [6.07, 6.45) is 7.61. The van der Waals surface area contributed by atoms with E-state index >= 15 is 0 Å². The van der Waals surface area contributed by atoms with E-state index in [9.17, 15) is 4.79 Å². The average Bonchev–Trinajstić information content (AvgIpc) is 3.12. The van der Waals surface area contributed by atoms with Gasteiger partial charge in [-0.05, 0) is 24.1 Å². The Kier molecular flexibility index (Phi) is 4.47. The van der Waals surface area contributed by atoms with Gasteiger partial charge in [0.2, 0.25) is 5.91 Å². The molecule has 23 heavy (non-hydrogen) atoms. The van der Waals surface area contributed by atoms with Crippen molar-refractivity contribution in [3.05, 3.63) is 72.9 Å². The Labute approximate surface area is 135 Å². The molecule has 1 atom stereocenters. The summed E-state index contributed by atoms with van der Waals surface area (Å²) in [5.74, 6) is 0.580. The van der Waals surface area contributed by atoms with E-state index in [1.165, 1.54) is 0 Å². The predicted molar refractivity (Wildman–Crippen MR) is 89.5 cm³/mol. The average molecular weight is 306 g/mol. The summed E-state index contributed by atoms with van der Waals surface area (Å²) in [4.78, 5) is 20.8. The summed E-state index contributed by atoms with van der Waals surface area (Å²) in [6.45, 7) is 2.01. The highest BCUT2D eigenvalue weighted by Gasteiger charge is 2.18. The molecule has 116 valence electrons. The third kappa shape index (κ3) is 3.45. The van der Waals surface area contributed by atoms with Crippen LogP contribution in [-0.2, 0) is 4.79 Å². The topological polar surface area (TPSA) is 59.8 Å². The van der Waals surface area contributed by atoms with Crippen molar-refractivity contribution in [3.8, 4) is 5.82 Å². The van der Waals surface area contributed by atoms with Gasteiger partial charge in [-0.2, -0.15) is 0 Å². The van der Waals surface area contributed by atoms with Crippen molar-refractivity contribution in [1.29, 1.82) is 0 Å². The Morgan fingerprint density at radius 1 is 1.22 bits per heavy atom. The molecule has 0 aliphatic carbocycles. The number of anilines is 1. The molecule has 3 aromatic rings. The minimum Gasteiger partial charge on any atom is -0.324 e. The summed E-state index contributed by atoms with van der Waals surface area (Å²) < 4.78 is 1.81. The number of hydrogen-bond acceptors (Lipinski definition) is 3. The molecule has 1 amide bonds. The van der Waals surface area contributed by atoms with Crippen LogP contribution in [0.15, 0.2) is 67.4 Å². The van der Waals surface area contributed by atoms with Crippen LogP contribution in [0, 0.1) is 0 Å². The third-order valence-corrected chi connectivity index (χ3v) is 3.71. The molecule has 0 unspecified atom stereocenters. The van der Waals surface area contributed by atoms with Gasteiger partial charge in [0.25, 0.3) is 0 Å². The molecule has 0 aliphatic rings. The van der Waals surface area contributed by atoms with E-state index < -0.39 is 0 Å². The Morgan fingerprint density at radius 3 is 2.65 bits per heavy atom. The van der Waals surface area contributed by atoms with Crippen molar-refractivity contribution < 1.29 is 4.79 Å². The van der Waals surface area contributed by atoms with Gasteiger partial charge in [-0.15, -0.1) is 0 Å². The number of pyridine rings is 1. The molecule has 0 saturated carbocycles. The first-order valence-corrected chi connectivity index (χ1v) is 7.58. The van der Waals surface area contributed by atoms with Crippen LogP contribution >= 0.6 is 0 Å². The minimum absolute atomic E-state index is 0.0177. The van der Waals surface area contributed by atoms with E-state index in [1.807, 2.05) is 60.2 Å². The van der Waals surface area contributed by atoms with Gasteiger partial charge >= 0.3 is 0 Å².